The fraction of sp³-hybridized carbons (Fsp3) is 0.269. The van der Waals surface area contributed by atoms with E-state index in [1.807, 2.05) is 42.2 Å². The van der Waals surface area contributed by atoms with E-state index >= 15 is 0 Å². The molecule has 0 N–H and O–H groups in total. The first kappa shape index (κ1) is 23.2. The van der Waals surface area contributed by atoms with Crippen molar-refractivity contribution in [2.24, 2.45) is 4.99 Å². The van der Waals surface area contributed by atoms with Crippen LogP contribution < -0.4 is 0 Å². The molecule has 1 aromatic carbocycles. The smallest absolute Gasteiger partial charge is 0.267 e. The molecular weight excluding hydrogens is 489 g/mol. The summed E-state index contributed by atoms with van der Waals surface area (Å²) in [4.78, 5) is 25.2. The number of halogens is 2. The molecule has 0 unspecified atom stereocenters. The predicted molar refractivity (Wildman–Crippen MR) is 140 cm³/mol. The molecule has 2 aliphatic rings. The zero-order chi connectivity index (χ0) is 23.7. The van der Waals surface area contributed by atoms with Crippen molar-refractivity contribution >= 4 is 57.9 Å². The van der Waals surface area contributed by atoms with Crippen molar-refractivity contribution in [3.63, 3.8) is 0 Å². The zero-order valence-electron chi connectivity index (χ0n) is 18.6. The second-order valence-corrected chi connectivity index (χ2v) is 10.2. The maximum atomic E-state index is 13.5. The number of carbonyl (C=O) groups excluding carboxylic acids is 1. The van der Waals surface area contributed by atoms with Gasteiger partial charge in [0.05, 0.1) is 20.5 Å². The number of furan rings is 1. The largest absolute Gasteiger partial charge is 0.457 e. The van der Waals surface area contributed by atoms with Crippen LogP contribution in [-0.4, -0.2) is 27.0 Å². The van der Waals surface area contributed by atoms with Gasteiger partial charge in [0.2, 0.25) is 0 Å². The number of benzene rings is 1. The van der Waals surface area contributed by atoms with E-state index in [9.17, 15) is 4.79 Å². The summed E-state index contributed by atoms with van der Waals surface area (Å²) in [6.07, 6.45) is 7.18. The number of hydrogen-bond donors (Lipinski definition) is 0. The number of amidine groups is 1. The highest BCUT2D eigenvalue weighted by Crippen LogP contribution is 2.40. The molecule has 8 heteroatoms. The lowest BCUT2D eigenvalue weighted by molar-refractivity contribution is -0.124. The minimum atomic E-state index is -0.0444. The fourth-order valence-corrected chi connectivity index (χ4v) is 5.95. The van der Waals surface area contributed by atoms with E-state index in [0.717, 1.165) is 31.4 Å². The Morgan fingerprint density at radius 1 is 1.06 bits per heavy atom. The molecule has 0 bridgehead atoms. The first-order chi connectivity index (χ1) is 16.5. The monoisotopic (exact) mass is 511 g/mol. The van der Waals surface area contributed by atoms with E-state index < -0.39 is 0 Å². The molecule has 174 valence electrons. The molecule has 3 aromatic rings. The van der Waals surface area contributed by atoms with Crippen molar-refractivity contribution < 1.29 is 9.21 Å². The third-order valence-electron chi connectivity index (χ3n) is 5.97. The molecule has 34 heavy (non-hydrogen) atoms. The van der Waals surface area contributed by atoms with Crippen molar-refractivity contribution in [1.82, 2.24) is 9.88 Å². The van der Waals surface area contributed by atoms with Gasteiger partial charge in [0, 0.05) is 17.8 Å². The molecule has 0 spiro atoms. The van der Waals surface area contributed by atoms with Crippen molar-refractivity contribution in [3.05, 3.63) is 74.9 Å². The Bertz CT molecular complexity index is 1270. The number of thioether (sulfide) groups is 1. The molecule has 0 radical (unpaired) electrons. The molecular formula is C26H23Cl2N3O2S. The quantitative estimate of drug-likeness (QED) is 0.334. The Labute approximate surface area is 212 Å². The highest BCUT2D eigenvalue weighted by atomic mass is 35.5. The average Bonchev–Trinajstić information content (AvgIpc) is 3.39. The summed E-state index contributed by atoms with van der Waals surface area (Å²) in [5.41, 5.74) is 1.52. The lowest BCUT2D eigenvalue weighted by atomic mass is 9.94. The van der Waals surface area contributed by atoms with Gasteiger partial charge >= 0.3 is 0 Å². The van der Waals surface area contributed by atoms with Crippen LogP contribution in [-0.2, 0) is 4.79 Å². The molecule has 2 fully saturated rings. The molecule has 5 nitrogen and oxygen atoms in total. The number of nitrogens with zero attached hydrogens (tertiary/aromatic N) is 3. The average molecular weight is 512 g/mol. The minimum absolute atomic E-state index is 0.0444. The number of amides is 1. The van der Waals surface area contributed by atoms with Crippen LogP contribution in [0.4, 0.5) is 5.82 Å². The van der Waals surface area contributed by atoms with Gasteiger partial charge in [0.1, 0.15) is 11.5 Å². The van der Waals surface area contributed by atoms with Crippen molar-refractivity contribution in [3.8, 4) is 11.3 Å². The highest BCUT2D eigenvalue weighted by Gasteiger charge is 2.39. The van der Waals surface area contributed by atoms with Gasteiger partial charge in [0.25, 0.3) is 5.91 Å². The standard InChI is InChI=1S/C26H23Cl2N3O2S/c1-16-7-5-12-23(29-16)30-26-31(17-8-3-2-4-9-17)25(32)22(34-26)15-18-13-14-21(33-18)24-19(27)10-6-11-20(24)28/h5-7,10-15,17H,2-4,8-9H2,1H3/b22-15+,30-26+. The number of aryl methyl sites for hydroxylation is 1. The second kappa shape index (κ2) is 9.98. The fourth-order valence-electron chi connectivity index (χ4n) is 4.34. The van der Waals surface area contributed by atoms with Crippen LogP contribution in [0.2, 0.25) is 10.0 Å². The Morgan fingerprint density at radius 3 is 2.53 bits per heavy atom. The minimum Gasteiger partial charge on any atom is -0.457 e. The number of aliphatic imine (C=N–C) groups is 1. The summed E-state index contributed by atoms with van der Waals surface area (Å²) in [7, 11) is 0. The van der Waals surface area contributed by atoms with Gasteiger partial charge < -0.3 is 4.42 Å². The lowest BCUT2D eigenvalue weighted by Crippen LogP contribution is -2.40. The van der Waals surface area contributed by atoms with E-state index in [-0.39, 0.29) is 11.9 Å². The third-order valence-corrected chi connectivity index (χ3v) is 7.58. The van der Waals surface area contributed by atoms with Crippen LogP contribution in [0.15, 0.2) is 62.8 Å². The van der Waals surface area contributed by atoms with Gasteiger partial charge in [-0.2, -0.15) is 0 Å². The molecule has 1 aliphatic heterocycles. The first-order valence-electron chi connectivity index (χ1n) is 11.3. The zero-order valence-corrected chi connectivity index (χ0v) is 21.0. The Morgan fingerprint density at radius 2 is 1.79 bits per heavy atom. The normalized spacial score (nSPS) is 19.5. The molecule has 1 amide bonds. The Balaban J connectivity index is 1.49. The van der Waals surface area contributed by atoms with Gasteiger partial charge in [-0.15, -0.1) is 0 Å². The van der Waals surface area contributed by atoms with Crippen molar-refractivity contribution in [2.45, 2.75) is 45.1 Å². The molecule has 1 aliphatic carbocycles. The van der Waals surface area contributed by atoms with Crippen LogP contribution in [0.25, 0.3) is 17.4 Å². The van der Waals surface area contributed by atoms with Crippen LogP contribution in [0, 0.1) is 6.92 Å². The lowest BCUT2D eigenvalue weighted by Gasteiger charge is -2.30. The Hall–Kier alpha value is -2.54. The summed E-state index contributed by atoms with van der Waals surface area (Å²) in [6, 6.07) is 14.8. The molecule has 3 heterocycles. The van der Waals surface area contributed by atoms with Crippen LogP contribution >= 0.6 is 35.0 Å². The SMILES string of the molecule is Cc1cccc(/N=C2/S/C(=C/c3ccc(-c4c(Cl)cccc4Cl)o3)C(=O)N2C2CCCCC2)n1. The molecule has 0 atom stereocenters. The van der Waals surface area contributed by atoms with Gasteiger partial charge in [-0.25, -0.2) is 9.98 Å². The summed E-state index contributed by atoms with van der Waals surface area (Å²) < 4.78 is 6.01. The predicted octanol–water partition coefficient (Wildman–Crippen LogP) is 7.89. The maximum Gasteiger partial charge on any atom is 0.267 e. The van der Waals surface area contributed by atoms with E-state index in [2.05, 4.69) is 4.98 Å². The maximum absolute atomic E-state index is 13.5. The first-order valence-corrected chi connectivity index (χ1v) is 12.9. The van der Waals surface area contributed by atoms with Crippen LogP contribution in [0.3, 0.4) is 0 Å². The van der Waals surface area contributed by atoms with Gasteiger partial charge in [0.15, 0.2) is 11.0 Å². The van der Waals surface area contributed by atoms with E-state index in [0.29, 0.717) is 43.0 Å². The molecule has 1 saturated carbocycles. The van der Waals surface area contributed by atoms with Gasteiger partial charge in [-0.3, -0.25) is 9.69 Å². The van der Waals surface area contributed by atoms with Crippen molar-refractivity contribution in [2.75, 3.05) is 0 Å². The summed E-state index contributed by atoms with van der Waals surface area (Å²) in [5.74, 6) is 1.67. The van der Waals surface area contributed by atoms with E-state index in [1.54, 1.807) is 24.3 Å². The molecule has 2 aromatic heterocycles. The van der Waals surface area contributed by atoms with Crippen LogP contribution in [0.1, 0.15) is 43.6 Å². The molecule has 5 rings (SSSR count). The van der Waals surface area contributed by atoms with Gasteiger partial charge in [-0.05, 0) is 67.9 Å². The summed E-state index contributed by atoms with van der Waals surface area (Å²) in [5, 5.41) is 1.69. The topological polar surface area (TPSA) is 58.7 Å². The number of carbonyl (C=O) groups is 1. The highest BCUT2D eigenvalue weighted by molar-refractivity contribution is 8.18. The number of rotatable bonds is 4. The van der Waals surface area contributed by atoms with Crippen molar-refractivity contribution in [1.29, 1.82) is 0 Å². The van der Waals surface area contributed by atoms with Gasteiger partial charge in [-0.1, -0.05) is 54.6 Å². The number of hydrogen-bond acceptors (Lipinski definition) is 5. The number of aromatic nitrogens is 1. The summed E-state index contributed by atoms with van der Waals surface area (Å²) >= 11 is 14.0. The Kier molecular flexibility index (Phi) is 6.82. The van der Waals surface area contributed by atoms with E-state index in [1.165, 1.54) is 18.2 Å². The third kappa shape index (κ3) is 4.81. The number of pyridine rings is 1. The summed E-state index contributed by atoms with van der Waals surface area (Å²) in [6.45, 7) is 1.93. The van der Waals surface area contributed by atoms with E-state index in [4.69, 9.17) is 32.6 Å². The van der Waals surface area contributed by atoms with Crippen LogP contribution in [0.5, 0.6) is 0 Å². The molecule has 1 saturated heterocycles. The second-order valence-electron chi connectivity index (χ2n) is 8.41.